The molecule has 0 atom stereocenters. The summed E-state index contributed by atoms with van der Waals surface area (Å²) in [5, 5.41) is 15.3. The number of furan rings is 1. The van der Waals surface area contributed by atoms with Crippen LogP contribution < -0.4 is 16.3 Å². The molecule has 0 aromatic carbocycles. The third-order valence-corrected chi connectivity index (χ3v) is 3.37. The van der Waals surface area contributed by atoms with Crippen molar-refractivity contribution >= 4 is 29.0 Å². The molecular weight excluding hydrogens is 278 g/mol. The van der Waals surface area contributed by atoms with Crippen LogP contribution in [0.3, 0.4) is 0 Å². The van der Waals surface area contributed by atoms with Crippen LogP contribution in [0.2, 0.25) is 0 Å². The average molecular weight is 294 g/mol. The second-order valence-corrected chi connectivity index (χ2v) is 6.13. The number of thiocarbonyl (C=S) groups is 1. The summed E-state index contributed by atoms with van der Waals surface area (Å²) < 4.78 is 5.44. The third kappa shape index (κ3) is 2.67. The number of carboxylic acids is 1. The van der Waals surface area contributed by atoms with E-state index < -0.39 is 5.97 Å². The maximum absolute atomic E-state index is 11.1. The van der Waals surface area contributed by atoms with Crippen LogP contribution in [-0.4, -0.2) is 16.8 Å². The lowest BCUT2D eigenvalue weighted by molar-refractivity contribution is -0.257. The van der Waals surface area contributed by atoms with Gasteiger partial charge in [0.25, 0.3) is 0 Å². The first-order chi connectivity index (χ1) is 9.21. The van der Waals surface area contributed by atoms with Crippen molar-refractivity contribution in [3.8, 4) is 0 Å². The molecule has 1 aliphatic rings. The van der Waals surface area contributed by atoms with Gasteiger partial charge in [-0.2, -0.15) is 5.10 Å². The van der Waals surface area contributed by atoms with Gasteiger partial charge >= 0.3 is 0 Å². The first-order valence-corrected chi connectivity index (χ1v) is 6.58. The number of carboxylic acid groups (broad SMARTS) is 1. The standard InChI is InChI=1S/C13H17N3O3S/c1-6-9-7(15-16-12(14)20)4-13(2,3)5-8(9)19-10(6)11(17)18/h4-5H2,1-3H3,(H,17,18)(H3,14,16,20)/p-1/b15-7-. The molecular formula is C13H16N3O3S-. The first kappa shape index (κ1) is 14.5. The summed E-state index contributed by atoms with van der Waals surface area (Å²) in [5.74, 6) is -0.853. The lowest BCUT2D eigenvalue weighted by Gasteiger charge is -2.29. The quantitative estimate of drug-likeness (QED) is 0.606. The summed E-state index contributed by atoms with van der Waals surface area (Å²) in [4.78, 5) is 11.1. The zero-order chi connectivity index (χ0) is 15.1. The number of fused-ring (bicyclic) bond motifs is 1. The van der Waals surface area contributed by atoms with Crippen LogP contribution in [0.25, 0.3) is 0 Å². The Balaban J connectivity index is 2.55. The molecule has 0 radical (unpaired) electrons. The lowest BCUT2D eigenvalue weighted by Crippen LogP contribution is -2.31. The van der Waals surface area contributed by atoms with Gasteiger partial charge in [0.15, 0.2) is 10.9 Å². The van der Waals surface area contributed by atoms with Crippen molar-refractivity contribution in [2.45, 2.75) is 33.6 Å². The maximum atomic E-state index is 11.1. The fourth-order valence-corrected chi connectivity index (χ4v) is 2.57. The second-order valence-electron chi connectivity index (χ2n) is 5.69. The van der Waals surface area contributed by atoms with E-state index in [0.717, 1.165) is 0 Å². The van der Waals surface area contributed by atoms with Crippen LogP contribution in [0.15, 0.2) is 9.52 Å². The number of hydrogen-bond acceptors (Lipinski definition) is 5. The number of carbonyl (C=O) groups excluding carboxylic acids is 1. The molecule has 2 rings (SSSR count). The zero-order valence-electron chi connectivity index (χ0n) is 11.6. The molecule has 6 nitrogen and oxygen atoms in total. The van der Waals surface area contributed by atoms with Crippen molar-refractivity contribution in [1.29, 1.82) is 0 Å². The Kier molecular flexibility index (Phi) is 3.56. The highest BCUT2D eigenvalue weighted by Gasteiger charge is 2.35. The number of carbonyl (C=O) groups is 1. The molecule has 1 aromatic rings. The maximum Gasteiger partial charge on any atom is 0.184 e. The largest absolute Gasteiger partial charge is 0.542 e. The molecule has 3 N–H and O–H groups in total. The van der Waals surface area contributed by atoms with Gasteiger partial charge in [-0.1, -0.05) is 13.8 Å². The number of hydrazone groups is 1. The van der Waals surface area contributed by atoms with E-state index in [1.807, 2.05) is 0 Å². The molecule has 0 unspecified atom stereocenters. The number of nitrogens with one attached hydrogen (secondary N) is 1. The minimum Gasteiger partial charge on any atom is -0.542 e. The normalized spacial score (nSPS) is 18.6. The summed E-state index contributed by atoms with van der Waals surface area (Å²) in [7, 11) is 0. The van der Waals surface area contributed by atoms with Crippen LogP contribution in [0, 0.1) is 12.3 Å². The van der Waals surface area contributed by atoms with Crippen molar-refractivity contribution in [3.05, 3.63) is 22.6 Å². The first-order valence-electron chi connectivity index (χ1n) is 6.17. The van der Waals surface area contributed by atoms with E-state index in [-0.39, 0.29) is 16.3 Å². The highest BCUT2D eigenvalue weighted by Crippen LogP contribution is 2.38. The molecule has 1 aliphatic carbocycles. The molecule has 1 heterocycles. The van der Waals surface area contributed by atoms with Crippen LogP contribution in [0.5, 0.6) is 0 Å². The van der Waals surface area contributed by atoms with Gasteiger partial charge in [0, 0.05) is 17.5 Å². The minimum absolute atomic E-state index is 0.0590. The van der Waals surface area contributed by atoms with Crippen LogP contribution in [0.1, 0.15) is 47.7 Å². The van der Waals surface area contributed by atoms with E-state index in [0.29, 0.717) is 35.4 Å². The smallest absolute Gasteiger partial charge is 0.184 e. The van der Waals surface area contributed by atoms with Gasteiger partial charge < -0.3 is 20.1 Å². The highest BCUT2D eigenvalue weighted by atomic mass is 32.1. The summed E-state index contributed by atoms with van der Waals surface area (Å²) in [6.07, 6.45) is 1.31. The molecule has 0 bridgehead atoms. The van der Waals surface area contributed by atoms with Crippen molar-refractivity contribution in [3.63, 3.8) is 0 Å². The predicted octanol–water partition coefficient (Wildman–Crippen LogP) is 0.461. The van der Waals surface area contributed by atoms with Crippen molar-refractivity contribution in [1.82, 2.24) is 5.43 Å². The Morgan fingerprint density at radius 2 is 2.15 bits per heavy atom. The predicted molar refractivity (Wildman–Crippen MR) is 76.3 cm³/mol. The number of rotatable bonds is 2. The van der Waals surface area contributed by atoms with Gasteiger partial charge in [-0.15, -0.1) is 0 Å². The van der Waals surface area contributed by atoms with E-state index in [1.54, 1.807) is 6.92 Å². The average Bonchev–Trinajstić information content (AvgIpc) is 2.62. The van der Waals surface area contributed by atoms with Gasteiger partial charge in [0.2, 0.25) is 0 Å². The number of hydrogen-bond donors (Lipinski definition) is 2. The van der Waals surface area contributed by atoms with E-state index >= 15 is 0 Å². The molecule has 0 aliphatic heterocycles. The molecule has 0 fully saturated rings. The molecule has 20 heavy (non-hydrogen) atoms. The number of nitrogens with two attached hydrogens (primary N) is 1. The highest BCUT2D eigenvalue weighted by molar-refractivity contribution is 7.80. The molecule has 1 aromatic heterocycles. The Morgan fingerprint density at radius 3 is 2.70 bits per heavy atom. The van der Waals surface area contributed by atoms with Crippen LogP contribution in [-0.2, 0) is 6.42 Å². The number of aromatic carboxylic acids is 1. The van der Waals surface area contributed by atoms with E-state index in [1.165, 1.54) is 0 Å². The lowest BCUT2D eigenvalue weighted by atomic mass is 9.75. The summed E-state index contributed by atoms with van der Waals surface area (Å²) in [6.45, 7) is 5.80. The fraction of sp³-hybridized carbons (Fsp3) is 0.462. The molecule has 108 valence electrons. The Hall–Kier alpha value is -1.89. The zero-order valence-corrected chi connectivity index (χ0v) is 12.4. The van der Waals surface area contributed by atoms with Crippen molar-refractivity contribution in [2.24, 2.45) is 16.3 Å². The minimum atomic E-state index is -1.32. The summed E-state index contributed by atoms with van der Waals surface area (Å²) in [5.41, 5.74) is 9.77. The van der Waals surface area contributed by atoms with Gasteiger partial charge in [0.1, 0.15) is 11.7 Å². The fourth-order valence-electron chi connectivity index (χ4n) is 2.53. The molecule has 0 amide bonds. The topological polar surface area (TPSA) is 104 Å². The van der Waals surface area contributed by atoms with Crippen LogP contribution in [0.4, 0.5) is 0 Å². The number of nitrogens with zero attached hydrogens (tertiary/aromatic N) is 1. The Labute approximate surface area is 122 Å². The molecule has 7 heteroatoms. The van der Waals surface area contributed by atoms with Gasteiger partial charge in [-0.05, 0) is 31.0 Å². The SMILES string of the molecule is Cc1c(C(=O)[O-])oc2c1/C(=N\NC(N)=S)CC(C)(C)C2. The van der Waals surface area contributed by atoms with E-state index in [2.05, 4.69) is 24.4 Å². The van der Waals surface area contributed by atoms with Crippen LogP contribution >= 0.6 is 12.2 Å². The molecule has 0 saturated heterocycles. The second kappa shape index (κ2) is 4.90. The summed E-state index contributed by atoms with van der Waals surface area (Å²) in [6, 6.07) is 0. The monoisotopic (exact) mass is 294 g/mol. The Morgan fingerprint density at radius 1 is 1.50 bits per heavy atom. The van der Waals surface area contributed by atoms with E-state index in [4.69, 9.17) is 22.4 Å². The van der Waals surface area contributed by atoms with Crippen molar-refractivity contribution in [2.75, 3.05) is 0 Å². The third-order valence-electron chi connectivity index (χ3n) is 3.28. The molecule has 0 saturated carbocycles. The van der Waals surface area contributed by atoms with Gasteiger partial charge in [-0.25, -0.2) is 0 Å². The van der Waals surface area contributed by atoms with Gasteiger partial charge in [0.05, 0.1) is 5.71 Å². The Bertz CT molecular complexity index is 617. The summed E-state index contributed by atoms with van der Waals surface area (Å²) >= 11 is 4.73. The van der Waals surface area contributed by atoms with Crippen molar-refractivity contribution < 1.29 is 14.3 Å². The molecule has 0 spiro atoms. The van der Waals surface area contributed by atoms with E-state index in [9.17, 15) is 9.90 Å². The van der Waals surface area contributed by atoms with Gasteiger partial charge in [-0.3, -0.25) is 5.43 Å².